The van der Waals surface area contributed by atoms with Crippen LogP contribution in [-0.4, -0.2) is 42.8 Å². The first-order chi connectivity index (χ1) is 7.99. The third-order valence-corrected chi connectivity index (χ3v) is 3.30. The molecule has 0 aromatic carbocycles. The Balaban J connectivity index is 2.64. The molecule has 0 aromatic rings. The lowest BCUT2D eigenvalue weighted by atomic mass is 10.0. The molecule has 0 aromatic heterocycles. The van der Waals surface area contributed by atoms with Crippen molar-refractivity contribution >= 4 is 5.91 Å². The monoisotopic (exact) mass is 242 g/mol. The van der Waals surface area contributed by atoms with E-state index in [0.29, 0.717) is 12.5 Å². The Kier molecular flexibility index (Phi) is 5.40. The Morgan fingerprint density at radius 3 is 2.53 bits per heavy atom. The van der Waals surface area contributed by atoms with Gasteiger partial charge in [-0.05, 0) is 25.7 Å². The zero-order valence-corrected chi connectivity index (χ0v) is 11.7. The van der Waals surface area contributed by atoms with Gasteiger partial charge in [-0.1, -0.05) is 20.8 Å². The van der Waals surface area contributed by atoms with E-state index in [1.54, 1.807) is 7.11 Å². The maximum Gasteiger partial charge on any atom is 0.241 e. The van der Waals surface area contributed by atoms with Crippen molar-refractivity contribution < 1.29 is 9.53 Å². The maximum absolute atomic E-state index is 12.3. The van der Waals surface area contributed by atoms with Gasteiger partial charge < -0.3 is 9.64 Å². The summed E-state index contributed by atoms with van der Waals surface area (Å²) in [5, 5.41) is 3.42. The van der Waals surface area contributed by atoms with Crippen LogP contribution in [0.15, 0.2) is 0 Å². The highest BCUT2D eigenvalue weighted by Crippen LogP contribution is 2.19. The summed E-state index contributed by atoms with van der Waals surface area (Å²) >= 11 is 0. The van der Waals surface area contributed by atoms with Crippen molar-refractivity contribution in [1.82, 2.24) is 10.2 Å². The first-order valence-corrected chi connectivity index (χ1v) is 6.58. The van der Waals surface area contributed by atoms with Crippen molar-refractivity contribution in [2.75, 3.05) is 13.7 Å². The van der Waals surface area contributed by atoms with E-state index in [1.807, 2.05) is 11.8 Å². The van der Waals surface area contributed by atoms with E-state index in [0.717, 1.165) is 12.8 Å². The highest BCUT2D eigenvalue weighted by molar-refractivity contribution is 5.84. The van der Waals surface area contributed by atoms with E-state index in [1.165, 1.54) is 0 Å². The van der Waals surface area contributed by atoms with Crippen molar-refractivity contribution in [2.45, 2.75) is 58.8 Å². The van der Waals surface area contributed by atoms with E-state index in [-0.39, 0.29) is 24.2 Å². The molecule has 0 saturated carbocycles. The van der Waals surface area contributed by atoms with Crippen molar-refractivity contribution in [3.05, 3.63) is 0 Å². The number of methoxy groups -OCH3 is 1. The fourth-order valence-corrected chi connectivity index (χ4v) is 2.29. The van der Waals surface area contributed by atoms with Crippen LogP contribution in [0.25, 0.3) is 0 Å². The molecule has 0 aliphatic carbocycles. The molecule has 1 N–H and O–H groups in total. The molecular weight excluding hydrogens is 216 g/mol. The third kappa shape index (κ3) is 3.68. The predicted molar refractivity (Wildman–Crippen MR) is 68.6 cm³/mol. The summed E-state index contributed by atoms with van der Waals surface area (Å²) in [5.41, 5.74) is 0. The van der Waals surface area contributed by atoms with Crippen LogP contribution in [0.2, 0.25) is 0 Å². The predicted octanol–water partition coefficient (Wildman–Crippen LogP) is 1.60. The quantitative estimate of drug-likeness (QED) is 0.769. The summed E-state index contributed by atoms with van der Waals surface area (Å²) < 4.78 is 5.25. The van der Waals surface area contributed by atoms with Crippen LogP contribution in [0, 0.1) is 5.92 Å². The SMILES string of the molecule is CCC1NC(CC(C)C)C(=O)N1CC(C)OC. The molecule has 0 bridgehead atoms. The van der Waals surface area contributed by atoms with Gasteiger partial charge in [-0.15, -0.1) is 0 Å². The van der Waals surface area contributed by atoms with Crippen molar-refractivity contribution in [3.8, 4) is 0 Å². The lowest BCUT2D eigenvalue weighted by Gasteiger charge is -2.25. The molecule has 1 fully saturated rings. The minimum absolute atomic E-state index is 0.0102. The summed E-state index contributed by atoms with van der Waals surface area (Å²) in [5.74, 6) is 0.767. The van der Waals surface area contributed by atoms with Gasteiger partial charge in [0.2, 0.25) is 5.91 Å². The molecule has 1 rings (SSSR count). The topological polar surface area (TPSA) is 41.6 Å². The van der Waals surface area contributed by atoms with Gasteiger partial charge in [0.05, 0.1) is 18.3 Å². The number of amides is 1. The smallest absolute Gasteiger partial charge is 0.241 e. The normalized spacial score (nSPS) is 26.9. The maximum atomic E-state index is 12.3. The molecule has 0 radical (unpaired) electrons. The van der Waals surface area contributed by atoms with Crippen LogP contribution in [0.5, 0.6) is 0 Å². The molecule has 17 heavy (non-hydrogen) atoms. The molecule has 1 heterocycles. The van der Waals surface area contributed by atoms with E-state index in [9.17, 15) is 4.79 Å². The van der Waals surface area contributed by atoms with Gasteiger partial charge in [-0.2, -0.15) is 0 Å². The van der Waals surface area contributed by atoms with Crippen LogP contribution < -0.4 is 5.32 Å². The number of hydrogen-bond donors (Lipinski definition) is 1. The number of nitrogens with zero attached hydrogens (tertiary/aromatic N) is 1. The molecule has 3 unspecified atom stereocenters. The Hall–Kier alpha value is -0.610. The molecule has 4 heteroatoms. The highest BCUT2D eigenvalue weighted by Gasteiger charge is 2.38. The molecule has 0 spiro atoms. The highest BCUT2D eigenvalue weighted by atomic mass is 16.5. The Morgan fingerprint density at radius 1 is 1.41 bits per heavy atom. The summed E-state index contributed by atoms with van der Waals surface area (Å²) in [6, 6.07) is -0.0102. The lowest BCUT2D eigenvalue weighted by molar-refractivity contribution is -0.131. The molecule has 1 saturated heterocycles. The molecule has 3 atom stereocenters. The van der Waals surface area contributed by atoms with Crippen molar-refractivity contribution in [2.24, 2.45) is 5.92 Å². The third-order valence-electron chi connectivity index (χ3n) is 3.30. The van der Waals surface area contributed by atoms with Gasteiger partial charge >= 0.3 is 0 Å². The Morgan fingerprint density at radius 2 is 2.06 bits per heavy atom. The van der Waals surface area contributed by atoms with E-state index in [4.69, 9.17) is 4.74 Å². The first-order valence-electron chi connectivity index (χ1n) is 6.58. The summed E-state index contributed by atoms with van der Waals surface area (Å²) in [7, 11) is 1.69. The summed E-state index contributed by atoms with van der Waals surface area (Å²) in [6.45, 7) is 9.07. The number of carbonyl (C=O) groups is 1. The van der Waals surface area contributed by atoms with E-state index < -0.39 is 0 Å². The molecule has 1 aliphatic rings. The minimum atomic E-state index is -0.0102. The second-order valence-electron chi connectivity index (χ2n) is 5.31. The molecule has 4 nitrogen and oxygen atoms in total. The first kappa shape index (κ1) is 14.5. The van der Waals surface area contributed by atoms with Gasteiger partial charge in [-0.3, -0.25) is 10.1 Å². The number of carbonyl (C=O) groups excluding carboxylic acids is 1. The standard InChI is InChI=1S/C13H26N2O2/c1-6-12-14-11(7-9(2)3)13(16)15(12)8-10(4)17-5/h9-12,14H,6-8H2,1-5H3. The number of nitrogens with one attached hydrogen (secondary N) is 1. The van der Waals surface area contributed by atoms with Crippen LogP contribution in [0.4, 0.5) is 0 Å². The summed E-state index contributed by atoms with van der Waals surface area (Å²) in [6.07, 6.45) is 2.11. The number of hydrogen-bond acceptors (Lipinski definition) is 3. The van der Waals surface area contributed by atoms with Crippen LogP contribution >= 0.6 is 0 Å². The molecule has 1 amide bonds. The van der Waals surface area contributed by atoms with Gasteiger partial charge in [0, 0.05) is 13.7 Å². The van der Waals surface area contributed by atoms with Crippen molar-refractivity contribution in [3.63, 3.8) is 0 Å². The fraction of sp³-hybridized carbons (Fsp3) is 0.923. The molecule has 1 aliphatic heterocycles. The van der Waals surface area contributed by atoms with Crippen LogP contribution in [0.3, 0.4) is 0 Å². The van der Waals surface area contributed by atoms with Gasteiger partial charge in [-0.25, -0.2) is 0 Å². The van der Waals surface area contributed by atoms with E-state index in [2.05, 4.69) is 26.1 Å². The largest absolute Gasteiger partial charge is 0.380 e. The van der Waals surface area contributed by atoms with Gasteiger partial charge in [0.1, 0.15) is 0 Å². The van der Waals surface area contributed by atoms with Gasteiger partial charge in [0.15, 0.2) is 0 Å². The van der Waals surface area contributed by atoms with E-state index >= 15 is 0 Å². The average molecular weight is 242 g/mol. The second-order valence-corrected chi connectivity index (χ2v) is 5.31. The zero-order chi connectivity index (χ0) is 13.0. The fourth-order valence-electron chi connectivity index (χ4n) is 2.29. The zero-order valence-electron chi connectivity index (χ0n) is 11.7. The van der Waals surface area contributed by atoms with Crippen molar-refractivity contribution in [1.29, 1.82) is 0 Å². The van der Waals surface area contributed by atoms with Gasteiger partial charge in [0.25, 0.3) is 0 Å². The molecular formula is C13H26N2O2. The average Bonchev–Trinajstić information content (AvgIpc) is 2.56. The Bertz CT molecular complexity index is 256. The van der Waals surface area contributed by atoms with Crippen LogP contribution in [-0.2, 0) is 9.53 Å². The Labute approximate surface area is 105 Å². The number of rotatable bonds is 6. The summed E-state index contributed by atoms with van der Waals surface area (Å²) in [4.78, 5) is 14.2. The minimum Gasteiger partial charge on any atom is -0.380 e. The van der Waals surface area contributed by atoms with Crippen LogP contribution in [0.1, 0.15) is 40.5 Å². The molecule has 100 valence electrons. The number of ether oxygens (including phenoxy) is 1. The lowest BCUT2D eigenvalue weighted by Crippen LogP contribution is -2.41. The second kappa shape index (κ2) is 6.36.